The summed E-state index contributed by atoms with van der Waals surface area (Å²) in [4.78, 5) is 4.17. The summed E-state index contributed by atoms with van der Waals surface area (Å²) in [5, 5.41) is 6.44. The highest BCUT2D eigenvalue weighted by atomic mass is 127. The zero-order chi connectivity index (χ0) is 15.7. The molecule has 0 atom stereocenters. The van der Waals surface area contributed by atoms with Crippen molar-refractivity contribution in [1.82, 2.24) is 10.6 Å². The maximum atomic E-state index is 5.73. The highest BCUT2D eigenvalue weighted by molar-refractivity contribution is 14.0. The van der Waals surface area contributed by atoms with E-state index in [0.717, 1.165) is 17.3 Å². The van der Waals surface area contributed by atoms with Crippen LogP contribution in [0.3, 0.4) is 0 Å². The first-order chi connectivity index (χ1) is 9.98. The topological polar surface area (TPSA) is 54.9 Å². The Morgan fingerprint density at radius 2 is 1.91 bits per heavy atom. The van der Waals surface area contributed by atoms with Crippen molar-refractivity contribution >= 4 is 29.9 Å². The van der Waals surface area contributed by atoms with Crippen molar-refractivity contribution in [1.29, 1.82) is 0 Å². The molecule has 22 heavy (non-hydrogen) atoms. The molecular formula is C16H28IN3O2. The molecule has 1 aromatic rings. The van der Waals surface area contributed by atoms with E-state index in [-0.39, 0.29) is 29.6 Å². The summed E-state index contributed by atoms with van der Waals surface area (Å²) in [6.45, 7) is 8.03. The summed E-state index contributed by atoms with van der Waals surface area (Å²) in [5.41, 5.74) is 0.914. The van der Waals surface area contributed by atoms with Crippen LogP contribution in [0.5, 0.6) is 5.75 Å². The fraction of sp³-hybridized carbons (Fsp3) is 0.562. The number of aliphatic imine (C=N–C) groups is 1. The number of para-hydroxylation sites is 1. The molecule has 5 nitrogen and oxygen atoms in total. The van der Waals surface area contributed by atoms with Crippen molar-refractivity contribution < 1.29 is 9.47 Å². The second-order valence-electron chi connectivity index (χ2n) is 5.43. The Bertz CT molecular complexity index is 464. The molecule has 0 aromatic heterocycles. The predicted molar refractivity (Wildman–Crippen MR) is 103 cm³/mol. The number of rotatable bonds is 7. The largest absolute Gasteiger partial charge is 0.491 e. The first-order valence-electron chi connectivity index (χ1n) is 7.16. The number of nitrogens with one attached hydrogen (secondary N) is 2. The van der Waals surface area contributed by atoms with E-state index >= 15 is 0 Å². The van der Waals surface area contributed by atoms with Gasteiger partial charge in [-0.25, -0.2) is 0 Å². The summed E-state index contributed by atoms with van der Waals surface area (Å²) >= 11 is 0. The van der Waals surface area contributed by atoms with Crippen molar-refractivity contribution in [2.45, 2.75) is 26.4 Å². The normalized spacial score (nSPS) is 11.6. The van der Waals surface area contributed by atoms with E-state index in [1.807, 2.05) is 45.0 Å². The zero-order valence-electron chi connectivity index (χ0n) is 14.1. The van der Waals surface area contributed by atoms with Crippen molar-refractivity contribution in [3.63, 3.8) is 0 Å². The van der Waals surface area contributed by atoms with E-state index in [9.17, 15) is 0 Å². The molecular weight excluding hydrogens is 393 g/mol. The molecule has 2 N–H and O–H groups in total. The molecule has 0 aliphatic heterocycles. The van der Waals surface area contributed by atoms with Gasteiger partial charge in [0, 0.05) is 20.7 Å². The number of methoxy groups -OCH3 is 1. The minimum Gasteiger partial charge on any atom is -0.491 e. The minimum absolute atomic E-state index is 0. The van der Waals surface area contributed by atoms with Crippen LogP contribution < -0.4 is 15.4 Å². The Kier molecular flexibility index (Phi) is 10.2. The second kappa shape index (κ2) is 10.7. The smallest absolute Gasteiger partial charge is 0.191 e. The SMILES string of the molecule is CN=C(NCCOc1ccccc1C)NCC(C)(C)OC.I. The van der Waals surface area contributed by atoms with Gasteiger partial charge in [-0.1, -0.05) is 18.2 Å². The molecule has 0 aliphatic rings. The maximum Gasteiger partial charge on any atom is 0.191 e. The molecule has 0 amide bonds. The summed E-state index contributed by atoms with van der Waals surface area (Å²) < 4.78 is 11.1. The molecule has 126 valence electrons. The fourth-order valence-electron chi connectivity index (χ4n) is 1.64. The Labute approximate surface area is 150 Å². The van der Waals surface area contributed by atoms with Crippen molar-refractivity contribution in [3.05, 3.63) is 29.8 Å². The number of nitrogens with zero attached hydrogens (tertiary/aromatic N) is 1. The lowest BCUT2D eigenvalue weighted by molar-refractivity contribution is 0.0268. The molecule has 0 bridgehead atoms. The van der Waals surface area contributed by atoms with Crippen LogP contribution in [0.1, 0.15) is 19.4 Å². The van der Waals surface area contributed by atoms with E-state index in [1.165, 1.54) is 0 Å². The zero-order valence-corrected chi connectivity index (χ0v) is 16.4. The fourth-order valence-corrected chi connectivity index (χ4v) is 1.64. The molecule has 0 radical (unpaired) electrons. The van der Waals surface area contributed by atoms with Gasteiger partial charge in [-0.3, -0.25) is 4.99 Å². The molecule has 0 fully saturated rings. The first-order valence-corrected chi connectivity index (χ1v) is 7.16. The van der Waals surface area contributed by atoms with Gasteiger partial charge in [0.1, 0.15) is 12.4 Å². The number of hydrogen-bond acceptors (Lipinski definition) is 3. The predicted octanol–water partition coefficient (Wildman–Crippen LogP) is 2.58. The number of benzene rings is 1. The minimum atomic E-state index is -0.227. The van der Waals surface area contributed by atoms with Gasteiger partial charge in [-0.2, -0.15) is 0 Å². The summed E-state index contributed by atoms with van der Waals surface area (Å²) in [6, 6.07) is 7.99. The lowest BCUT2D eigenvalue weighted by atomic mass is 10.1. The van der Waals surface area contributed by atoms with Gasteiger partial charge in [0.2, 0.25) is 0 Å². The van der Waals surface area contributed by atoms with Crippen LogP contribution in [-0.4, -0.2) is 45.4 Å². The van der Waals surface area contributed by atoms with Gasteiger partial charge >= 0.3 is 0 Å². The number of guanidine groups is 1. The van der Waals surface area contributed by atoms with Gasteiger partial charge in [0.25, 0.3) is 0 Å². The van der Waals surface area contributed by atoms with Crippen LogP contribution in [0.4, 0.5) is 0 Å². The molecule has 0 unspecified atom stereocenters. The molecule has 6 heteroatoms. The van der Waals surface area contributed by atoms with Gasteiger partial charge in [0.05, 0.1) is 12.1 Å². The molecule has 0 heterocycles. The molecule has 0 aliphatic carbocycles. The lowest BCUT2D eigenvalue weighted by Crippen LogP contribution is -2.46. The highest BCUT2D eigenvalue weighted by Gasteiger charge is 2.16. The van der Waals surface area contributed by atoms with E-state index in [2.05, 4.69) is 15.6 Å². The Morgan fingerprint density at radius 3 is 2.50 bits per heavy atom. The summed E-state index contributed by atoms with van der Waals surface area (Å²) in [7, 11) is 3.45. The molecule has 1 rings (SSSR count). The standard InChI is InChI=1S/C16H27N3O2.HI/c1-13-8-6-7-9-14(13)21-11-10-18-15(17-4)19-12-16(2,3)20-5;/h6-9H,10-12H2,1-5H3,(H2,17,18,19);1H. The maximum absolute atomic E-state index is 5.73. The average molecular weight is 421 g/mol. The average Bonchev–Trinajstić information content (AvgIpc) is 2.48. The molecule has 0 saturated heterocycles. The molecule has 1 aromatic carbocycles. The number of halogens is 1. The van der Waals surface area contributed by atoms with E-state index in [1.54, 1.807) is 14.2 Å². The Hall–Kier alpha value is -1.02. The van der Waals surface area contributed by atoms with Gasteiger partial charge < -0.3 is 20.1 Å². The quantitative estimate of drug-likeness (QED) is 0.308. The van der Waals surface area contributed by atoms with E-state index in [4.69, 9.17) is 9.47 Å². The van der Waals surface area contributed by atoms with Crippen LogP contribution in [0, 0.1) is 6.92 Å². The van der Waals surface area contributed by atoms with Crippen molar-refractivity contribution in [2.75, 3.05) is 33.9 Å². The second-order valence-corrected chi connectivity index (χ2v) is 5.43. The Morgan fingerprint density at radius 1 is 1.23 bits per heavy atom. The van der Waals surface area contributed by atoms with E-state index in [0.29, 0.717) is 19.7 Å². The molecule has 0 spiro atoms. The van der Waals surface area contributed by atoms with Gasteiger partial charge in [-0.15, -0.1) is 24.0 Å². The van der Waals surface area contributed by atoms with Crippen LogP contribution in [0.25, 0.3) is 0 Å². The first kappa shape index (κ1) is 21.0. The number of hydrogen-bond donors (Lipinski definition) is 2. The van der Waals surface area contributed by atoms with E-state index < -0.39 is 0 Å². The van der Waals surface area contributed by atoms with Crippen molar-refractivity contribution in [2.24, 2.45) is 4.99 Å². The molecule has 0 saturated carbocycles. The van der Waals surface area contributed by atoms with Crippen LogP contribution in [0.2, 0.25) is 0 Å². The third-order valence-electron chi connectivity index (χ3n) is 3.20. The summed E-state index contributed by atoms with van der Waals surface area (Å²) in [6.07, 6.45) is 0. The van der Waals surface area contributed by atoms with Gasteiger partial charge in [0.15, 0.2) is 5.96 Å². The van der Waals surface area contributed by atoms with Gasteiger partial charge in [-0.05, 0) is 32.4 Å². The lowest BCUT2D eigenvalue weighted by Gasteiger charge is -2.24. The van der Waals surface area contributed by atoms with Crippen LogP contribution in [0.15, 0.2) is 29.3 Å². The summed E-state index contributed by atoms with van der Waals surface area (Å²) in [5.74, 6) is 1.66. The monoisotopic (exact) mass is 421 g/mol. The number of aryl methyl sites for hydroxylation is 1. The number of ether oxygens (including phenoxy) is 2. The highest BCUT2D eigenvalue weighted by Crippen LogP contribution is 2.15. The third-order valence-corrected chi connectivity index (χ3v) is 3.20. The Balaban J connectivity index is 0.00000441. The third kappa shape index (κ3) is 7.84. The van der Waals surface area contributed by atoms with Crippen LogP contribution >= 0.6 is 24.0 Å². The van der Waals surface area contributed by atoms with Crippen molar-refractivity contribution in [3.8, 4) is 5.75 Å². The van der Waals surface area contributed by atoms with Crippen LogP contribution in [-0.2, 0) is 4.74 Å².